The summed E-state index contributed by atoms with van der Waals surface area (Å²) in [5, 5.41) is 119. The number of carbonyl (C=O) groups is 6. The highest BCUT2D eigenvalue weighted by atomic mass is 16.4. The smallest absolute Gasteiger partial charge is 0.303 e. The van der Waals surface area contributed by atoms with Crippen LogP contribution in [0.1, 0.15) is 696 Å². The molecule has 14 N–H and O–H groups in total. The average Bonchev–Trinajstić information content (AvgIpc) is 0.917. The van der Waals surface area contributed by atoms with Crippen LogP contribution in [0.2, 0.25) is 0 Å². The highest BCUT2D eigenvalue weighted by molar-refractivity contribution is 5.68. The van der Waals surface area contributed by atoms with Crippen molar-refractivity contribution in [2.45, 2.75) is 696 Å². The van der Waals surface area contributed by atoms with Gasteiger partial charge in [0, 0.05) is 38.5 Å². The zero-order chi connectivity index (χ0) is 108. The quantitative estimate of drug-likeness (QED) is 0.0252. The molecular weight excluding hydrogens is 1810 g/mol. The Labute approximate surface area is 891 Å². The first-order valence-electron chi connectivity index (χ1n) is 62.3. The van der Waals surface area contributed by atoms with Crippen LogP contribution in [-0.4, -0.2) is 160 Å². The molecule has 0 spiro atoms. The third kappa shape index (κ3) is 159. The minimum Gasteiger partial charge on any atom is -0.481 e. The van der Waals surface area contributed by atoms with Crippen LogP contribution in [0.5, 0.6) is 0 Å². The first-order valence-corrected chi connectivity index (χ1v) is 62.3. The van der Waals surface area contributed by atoms with Gasteiger partial charge in [-0.3, -0.25) is 28.8 Å². The molecule has 144 heavy (non-hydrogen) atoms. The van der Waals surface area contributed by atoms with Crippen LogP contribution in [0, 0.1) is 10.8 Å². The van der Waals surface area contributed by atoms with E-state index in [0.29, 0.717) is 38.5 Å². The van der Waals surface area contributed by atoms with E-state index < -0.39 is 99.5 Å². The van der Waals surface area contributed by atoms with E-state index in [4.69, 9.17) is 71.5 Å². The SMILES string of the molecule is CCCCCCCCCCCCCCCCCCC(=O)O.CCCCCCCCCCCCCCCCCCC(=O)O.CCCCCCCCCCCCCCCCCCC(=O)O.CCCCCCCCCCCCCCCCCCC(=O)O.CCCCCCCCCCCCCCCCCCC(=O)O.CCCCCCCCCCCCCCCCCCC(=O)O.OCC(CO)(CO)CO.OCC(CO)(CO)CO. The second kappa shape index (κ2) is 144. The van der Waals surface area contributed by atoms with Crippen molar-refractivity contribution in [2.75, 3.05) is 52.9 Å². The Morgan fingerprint density at radius 1 is 0.111 bits per heavy atom. The van der Waals surface area contributed by atoms with Gasteiger partial charge in [0.05, 0.1) is 63.7 Å². The minimum absolute atomic E-state index is 0.346. The predicted octanol–water partition coefficient (Wildman–Crippen LogP) is 36.2. The zero-order valence-corrected chi connectivity index (χ0v) is 96.5. The van der Waals surface area contributed by atoms with Crippen molar-refractivity contribution in [3.63, 3.8) is 0 Å². The fraction of sp³-hybridized carbons (Fsp3) is 0.952. The maximum absolute atomic E-state index is 10.3. The van der Waals surface area contributed by atoms with Gasteiger partial charge in [0.25, 0.3) is 0 Å². The number of carboxylic acids is 6. The number of carboxylic acid groups (broad SMARTS) is 6. The number of aliphatic hydroxyl groups is 8. The highest BCUT2D eigenvalue weighted by Crippen LogP contribution is 2.24. The lowest BCUT2D eigenvalue weighted by atomic mass is 9.93. The van der Waals surface area contributed by atoms with Gasteiger partial charge in [-0.15, -0.1) is 0 Å². The van der Waals surface area contributed by atoms with Crippen LogP contribution >= 0.6 is 0 Å². The van der Waals surface area contributed by atoms with Gasteiger partial charge in [-0.2, -0.15) is 0 Å². The molecule has 868 valence electrons. The van der Waals surface area contributed by atoms with Gasteiger partial charge in [-0.05, 0) is 38.5 Å². The van der Waals surface area contributed by atoms with E-state index in [1.54, 1.807) is 0 Å². The van der Waals surface area contributed by atoms with Gasteiger partial charge in [0.2, 0.25) is 0 Å². The summed E-state index contributed by atoms with van der Waals surface area (Å²) in [7, 11) is 0. The van der Waals surface area contributed by atoms with Crippen molar-refractivity contribution in [3.05, 3.63) is 0 Å². The summed E-state index contributed by atoms with van der Waals surface area (Å²) < 4.78 is 0. The Morgan fingerprint density at radius 2 is 0.167 bits per heavy atom. The highest BCUT2D eigenvalue weighted by Gasteiger charge is 2.27. The van der Waals surface area contributed by atoms with Gasteiger partial charge in [0.1, 0.15) is 0 Å². The molecule has 0 saturated carbocycles. The molecule has 0 unspecified atom stereocenters. The minimum atomic E-state index is -1.11. The molecule has 0 saturated heterocycles. The van der Waals surface area contributed by atoms with Crippen LogP contribution in [0.4, 0.5) is 0 Å². The third-order valence-corrected chi connectivity index (χ3v) is 28.1. The van der Waals surface area contributed by atoms with E-state index in [2.05, 4.69) is 41.5 Å². The van der Waals surface area contributed by atoms with Crippen molar-refractivity contribution in [1.29, 1.82) is 0 Å². The van der Waals surface area contributed by atoms with E-state index in [1.165, 1.54) is 539 Å². The molecule has 0 atom stereocenters. The van der Waals surface area contributed by atoms with E-state index in [0.717, 1.165) is 77.0 Å². The molecule has 0 radical (unpaired) electrons. The Hall–Kier alpha value is -3.50. The molecule has 0 aliphatic rings. The number of unbranched alkanes of at least 4 members (excludes halogenated alkanes) is 90. The van der Waals surface area contributed by atoms with Gasteiger partial charge in [-0.25, -0.2) is 0 Å². The monoisotopic (exact) mass is 2060 g/mol. The van der Waals surface area contributed by atoms with Crippen LogP contribution in [0.25, 0.3) is 0 Å². The molecule has 0 amide bonds. The fourth-order valence-electron chi connectivity index (χ4n) is 17.5. The van der Waals surface area contributed by atoms with Gasteiger partial charge in [0.15, 0.2) is 0 Å². The standard InChI is InChI=1S/6C19H38O2.2C5H12O4/c6*1-2-3-4-5-6-7-8-9-10-11-12-13-14-15-16-17-18-19(20)21;2*6-1-5(2-7,3-8)4-9/h6*2-18H2,1H3,(H,20,21);2*6-9H,1-4H2. The number of aliphatic carboxylic acids is 6. The summed E-state index contributed by atoms with van der Waals surface area (Å²) >= 11 is 0. The van der Waals surface area contributed by atoms with E-state index in [1.807, 2.05) is 0 Å². The first kappa shape index (κ1) is 156. The van der Waals surface area contributed by atoms with E-state index in [9.17, 15) is 28.8 Å². The summed E-state index contributed by atoms with van der Waals surface area (Å²) in [6.07, 6.45) is 130. The van der Waals surface area contributed by atoms with E-state index in [-0.39, 0.29) is 0 Å². The van der Waals surface area contributed by atoms with Gasteiger partial charge in [-0.1, -0.05) is 619 Å². The molecular formula is C124H252O20. The van der Waals surface area contributed by atoms with Crippen LogP contribution < -0.4 is 0 Å². The van der Waals surface area contributed by atoms with Crippen molar-refractivity contribution >= 4 is 35.8 Å². The molecule has 0 aliphatic heterocycles. The first-order chi connectivity index (χ1) is 70.1. The van der Waals surface area contributed by atoms with Crippen LogP contribution in [0.15, 0.2) is 0 Å². The molecule has 20 nitrogen and oxygen atoms in total. The van der Waals surface area contributed by atoms with Crippen LogP contribution in [-0.2, 0) is 28.8 Å². The lowest BCUT2D eigenvalue weighted by Gasteiger charge is -2.23. The maximum Gasteiger partial charge on any atom is 0.303 e. The number of aliphatic hydroxyl groups excluding tert-OH is 8. The van der Waals surface area contributed by atoms with Crippen molar-refractivity contribution in [3.8, 4) is 0 Å². The molecule has 0 rings (SSSR count). The number of rotatable bonds is 110. The lowest BCUT2D eigenvalue weighted by molar-refractivity contribution is -0.138. The molecule has 0 bridgehead atoms. The second-order valence-electron chi connectivity index (χ2n) is 42.9. The van der Waals surface area contributed by atoms with Gasteiger partial charge >= 0.3 is 35.8 Å². The number of hydrogen-bond acceptors (Lipinski definition) is 14. The van der Waals surface area contributed by atoms with Gasteiger partial charge < -0.3 is 71.5 Å². The molecule has 0 aliphatic carbocycles. The van der Waals surface area contributed by atoms with Crippen molar-refractivity contribution < 1.29 is 100 Å². The Kier molecular flexibility index (Phi) is 155. The largest absolute Gasteiger partial charge is 0.481 e. The molecule has 0 aromatic carbocycles. The summed E-state index contributed by atoms with van der Waals surface area (Å²) in [5.74, 6) is -3.91. The zero-order valence-electron chi connectivity index (χ0n) is 96.5. The van der Waals surface area contributed by atoms with Crippen molar-refractivity contribution in [1.82, 2.24) is 0 Å². The third-order valence-electron chi connectivity index (χ3n) is 28.1. The topological polar surface area (TPSA) is 386 Å². The molecule has 0 aromatic rings. The summed E-state index contributed by atoms with van der Waals surface area (Å²) in [4.78, 5) is 62.1. The molecule has 20 heteroatoms. The molecule has 0 fully saturated rings. The Bertz CT molecular complexity index is 1940. The van der Waals surface area contributed by atoms with E-state index >= 15 is 0 Å². The Morgan fingerprint density at radius 3 is 0.208 bits per heavy atom. The summed E-state index contributed by atoms with van der Waals surface area (Å²) in [6, 6.07) is 0. The summed E-state index contributed by atoms with van der Waals surface area (Å²) in [6.45, 7) is 10.4. The summed E-state index contributed by atoms with van der Waals surface area (Å²) in [5.41, 5.74) is -2.22. The molecule has 0 heterocycles. The predicted molar refractivity (Wildman–Crippen MR) is 612 cm³/mol. The fourth-order valence-corrected chi connectivity index (χ4v) is 17.5. The maximum atomic E-state index is 10.3. The average molecular weight is 2060 g/mol. The second-order valence-corrected chi connectivity index (χ2v) is 42.9. The lowest BCUT2D eigenvalue weighted by Crippen LogP contribution is -2.37. The Balaban J connectivity index is -0.000000248. The number of hydrogen-bond donors (Lipinski definition) is 14. The van der Waals surface area contributed by atoms with Crippen molar-refractivity contribution in [2.24, 2.45) is 10.8 Å². The van der Waals surface area contributed by atoms with Crippen LogP contribution in [0.3, 0.4) is 0 Å². The molecule has 0 aromatic heterocycles. The normalized spacial score (nSPS) is 11.0.